The molecule has 1 atom stereocenters. The Morgan fingerprint density at radius 3 is 2.33 bits per heavy atom. The Morgan fingerprint density at radius 2 is 1.67 bits per heavy atom. The number of aliphatic hydroxyl groups is 1. The highest BCUT2D eigenvalue weighted by molar-refractivity contribution is 7.10. The van der Waals surface area contributed by atoms with Gasteiger partial charge in [-0.3, -0.25) is 0 Å². The Bertz CT molecular complexity index is 706. The minimum absolute atomic E-state index is 0.426. The Labute approximate surface area is 132 Å². The van der Waals surface area contributed by atoms with Crippen molar-refractivity contribution in [2.75, 3.05) is 0 Å². The summed E-state index contributed by atoms with van der Waals surface area (Å²) in [7, 11) is 0. The number of hydrogen-bond donors (Lipinski definition) is 1. The van der Waals surface area contributed by atoms with Crippen molar-refractivity contribution in [3.63, 3.8) is 0 Å². The molecule has 0 aliphatic heterocycles. The van der Waals surface area contributed by atoms with Gasteiger partial charge in [0.25, 0.3) is 0 Å². The second-order valence-electron chi connectivity index (χ2n) is 4.94. The summed E-state index contributed by atoms with van der Waals surface area (Å²) in [6, 6.07) is 10.1. The van der Waals surface area contributed by atoms with Crippen molar-refractivity contribution >= 4 is 22.7 Å². The molecule has 0 amide bonds. The zero-order chi connectivity index (χ0) is 14.7. The average Bonchev–Trinajstić information content (AvgIpc) is 3.09. The van der Waals surface area contributed by atoms with Crippen LogP contribution in [0.15, 0.2) is 41.1 Å². The van der Waals surface area contributed by atoms with Gasteiger partial charge in [0.05, 0.1) is 21.8 Å². The van der Waals surface area contributed by atoms with Gasteiger partial charge in [-0.15, -0.1) is 22.7 Å². The fourth-order valence-corrected chi connectivity index (χ4v) is 3.84. The normalized spacial score (nSPS) is 12.5. The van der Waals surface area contributed by atoms with Crippen LogP contribution in [0.3, 0.4) is 0 Å². The van der Waals surface area contributed by atoms with Gasteiger partial charge in [0.2, 0.25) is 0 Å². The molecule has 0 aliphatic rings. The number of benzene rings is 1. The monoisotopic (exact) mass is 316 g/mol. The zero-order valence-corrected chi connectivity index (χ0v) is 13.3. The molecule has 108 valence electrons. The Morgan fingerprint density at radius 1 is 1.00 bits per heavy atom. The first kappa shape index (κ1) is 14.4. The topological polar surface area (TPSA) is 46.0 Å². The van der Waals surface area contributed by atoms with E-state index in [0.717, 1.165) is 27.0 Å². The first-order valence-electron chi connectivity index (χ1n) is 6.79. The number of hydrogen-bond acceptors (Lipinski definition) is 5. The predicted molar refractivity (Wildman–Crippen MR) is 87.8 cm³/mol. The van der Waals surface area contributed by atoms with Crippen molar-refractivity contribution in [1.82, 2.24) is 9.97 Å². The third-order valence-corrected chi connectivity index (χ3v) is 4.97. The smallest absolute Gasteiger partial charge is 0.0958 e. The number of rotatable bonds is 5. The molecule has 0 radical (unpaired) electrons. The molecule has 0 fully saturated rings. The van der Waals surface area contributed by atoms with Crippen LogP contribution >= 0.6 is 22.7 Å². The molecule has 0 spiro atoms. The van der Waals surface area contributed by atoms with Crippen molar-refractivity contribution < 1.29 is 5.11 Å². The molecule has 5 heteroatoms. The van der Waals surface area contributed by atoms with E-state index in [1.165, 1.54) is 0 Å². The van der Waals surface area contributed by atoms with Gasteiger partial charge < -0.3 is 5.11 Å². The summed E-state index contributed by atoms with van der Waals surface area (Å²) in [5, 5.41) is 16.2. The predicted octanol–water partition coefficient (Wildman–Crippen LogP) is 3.72. The summed E-state index contributed by atoms with van der Waals surface area (Å²) >= 11 is 3.20. The molecule has 2 aromatic heterocycles. The van der Waals surface area contributed by atoms with Crippen LogP contribution in [0.4, 0.5) is 0 Å². The first-order chi connectivity index (χ1) is 10.2. The molecule has 0 aliphatic carbocycles. The fourth-order valence-electron chi connectivity index (χ4n) is 2.12. The molecule has 0 saturated heterocycles. The molecular formula is C16H16N2OS2. The van der Waals surface area contributed by atoms with Crippen LogP contribution in [0.2, 0.25) is 0 Å². The first-order valence-corrected chi connectivity index (χ1v) is 8.55. The lowest BCUT2D eigenvalue weighted by atomic mass is 10.2. The van der Waals surface area contributed by atoms with Crippen molar-refractivity contribution in [3.05, 3.63) is 56.8 Å². The summed E-state index contributed by atoms with van der Waals surface area (Å²) in [5.74, 6) is 0. The third kappa shape index (κ3) is 3.75. The van der Waals surface area contributed by atoms with Crippen LogP contribution < -0.4 is 0 Å². The van der Waals surface area contributed by atoms with Crippen LogP contribution in [0.5, 0.6) is 0 Å². The minimum Gasteiger partial charge on any atom is -0.392 e. The van der Waals surface area contributed by atoms with Crippen LogP contribution in [0.1, 0.15) is 15.7 Å². The molecule has 1 aromatic carbocycles. The zero-order valence-electron chi connectivity index (χ0n) is 11.7. The van der Waals surface area contributed by atoms with Gasteiger partial charge in [-0.05, 0) is 6.92 Å². The SMILES string of the molecule is Cc1csc(CC(O)Cc2nc(-c3ccccc3)cs2)n1. The van der Waals surface area contributed by atoms with Gasteiger partial charge >= 0.3 is 0 Å². The van der Waals surface area contributed by atoms with Gasteiger partial charge in [0, 0.05) is 34.9 Å². The maximum absolute atomic E-state index is 10.2. The molecule has 3 nitrogen and oxygen atoms in total. The quantitative estimate of drug-likeness (QED) is 0.780. The standard InChI is InChI=1S/C16H16N2OS2/c1-11-9-20-15(17-11)7-13(19)8-16-18-14(10-21-16)12-5-3-2-4-6-12/h2-6,9-10,13,19H,7-8H2,1H3. The maximum atomic E-state index is 10.2. The molecule has 0 saturated carbocycles. The van der Waals surface area contributed by atoms with E-state index in [2.05, 4.69) is 9.97 Å². The van der Waals surface area contributed by atoms with Crippen LogP contribution in [-0.2, 0) is 12.8 Å². The van der Waals surface area contributed by atoms with Gasteiger partial charge in [-0.2, -0.15) is 0 Å². The highest BCUT2D eigenvalue weighted by Crippen LogP contribution is 2.23. The van der Waals surface area contributed by atoms with Gasteiger partial charge in [-0.25, -0.2) is 9.97 Å². The van der Waals surface area contributed by atoms with Gasteiger partial charge in [-0.1, -0.05) is 30.3 Å². The maximum Gasteiger partial charge on any atom is 0.0958 e. The molecule has 1 unspecified atom stereocenters. The second-order valence-corrected chi connectivity index (χ2v) is 6.82. The second kappa shape index (κ2) is 6.47. The van der Waals surface area contributed by atoms with Crippen molar-refractivity contribution in [1.29, 1.82) is 0 Å². The summed E-state index contributed by atoms with van der Waals surface area (Å²) in [4.78, 5) is 9.00. The van der Waals surface area contributed by atoms with Crippen molar-refractivity contribution in [2.45, 2.75) is 25.9 Å². The molecule has 21 heavy (non-hydrogen) atoms. The highest BCUT2D eigenvalue weighted by Gasteiger charge is 2.12. The van der Waals surface area contributed by atoms with E-state index in [4.69, 9.17) is 0 Å². The molecule has 0 bridgehead atoms. The summed E-state index contributed by atoms with van der Waals surface area (Å²) < 4.78 is 0. The van der Waals surface area contributed by atoms with Crippen LogP contribution in [0, 0.1) is 6.92 Å². The van der Waals surface area contributed by atoms with Crippen LogP contribution in [-0.4, -0.2) is 21.2 Å². The number of aryl methyl sites for hydroxylation is 1. The molecular weight excluding hydrogens is 300 g/mol. The average molecular weight is 316 g/mol. The largest absolute Gasteiger partial charge is 0.392 e. The van der Waals surface area contributed by atoms with E-state index >= 15 is 0 Å². The Balaban J connectivity index is 1.64. The summed E-state index contributed by atoms with van der Waals surface area (Å²) in [5.41, 5.74) is 3.11. The van der Waals surface area contributed by atoms with E-state index in [9.17, 15) is 5.11 Å². The van der Waals surface area contributed by atoms with E-state index in [-0.39, 0.29) is 0 Å². The summed E-state index contributed by atoms with van der Waals surface area (Å²) in [6.45, 7) is 1.97. The lowest BCUT2D eigenvalue weighted by Crippen LogP contribution is -2.13. The van der Waals surface area contributed by atoms with Gasteiger partial charge in [0.15, 0.2) is 0 Å². The van der Waals surface area contributed by atoms with E-state index < -0.39 is 6.10 Å². The molecule has 3 aromatic rings. The fraction of sp³-hybridized carbons (Fsp3) is 0.250. The van der Waals surface area contributed by atoms with Crippen molar-refractivity contribution in [3.8, 4) is 11.3 Å². The Kier molecular flexibility index (Phi) is 4.43. The summed E-state index contributed by atoms with van der Waals surface area (Å²) in [6.07, 6.45) is 0.750. The van der Waals surface area contributed by atoms with Gasteiger partial charge in [0.1, 0.15) is 0 Å². The third-order valence-electron chi connectivity index (χ3n) is 3.11. The van der Waals surface area contributed by atoms with Crippen molar-refractivity contribution in [2.24, 2.45) is 0 Å². The number of aromatic nitrogens is 2. The highest BCUT2D eigenvalue weighted by atomic mass is 32.1. The van der Waals surface area contributed by atoms with E-state index in [0.29, 0.717) is 12.8 Å². The number of aliphatic hydroxyl groups excluding tert-OH is 1. The van der Waals surface area contributed by atoms with E-state index in [1.54, 1.807) is 22.7 Å². The minimum atomic E-state index is -0.426. The lowest BCUT2D eigenvalue weighted by Gasteiger charge is -2.05. The number of thiazole rings is 2. The van der Waals surface area contributed by atoms with E-state index in [1.807, 2.05) is 48.0 Å². The van der Waals surface area contributed by atoms with Crippen LogP contribution in [0.25, 0.3) is 11.3 Å². The lowest BCUT2D eigenvalue weighted by molar-refractivity contribution is 0.175. The molecule has 2 heterocycles. The molecule has 1 N–H and O–H groups in total. The Hall–Kier alpha value is -1.56. The molecule has 3 rings (SSSR count). The number of nitrogens with zero attached hydrogens (tertiary/aromatic N) is 2.